The molecule has 10 heteroatoms. The Bertz CT molecular complexity index is 957. The van der Waals surface area contributed by atoms with Crippen LogP contribution in [-0.4, -0.2) is 41.9 Å². The maximum atomic E-state index is 11.8. The molecule has 0 bridgehead atoms. The fourth-order valence-electron chi connectivity index (χ4n) is 3.83. The molecule has 1 aliphatic rings. The Labute approximate surface area is 174 Å². The molecule has 1 atom stereocenters. The van der Waals surface area contributed by atoms with E-state index in [4.69, 9.17) is 18.7 Å². The van der Waals surface area contributed by atoms with Gasteiger partial charge < -0.3 is 0 Å². The van der Waals surface area contributed by atoms with Gasteiger partial charge in [0.1, 0.15) is 0 Å². The molecule has 1 aliphatic carbocycles. The second-order valence-corrected chi connectivity index (χ2v) is 8.25. The molecule has 9 nitrogen and oxygen atoms in total. The average Bonchev–Trinajstić information content (AvgIpc) is 2.82. The van der Waals surface area contributed by atoms with Gasteiger partial charge in [-0.1, -0.05) is 0 Å². The summed E-state index contributed by atoms with van der Waals surface area (Å²) in [6.07, 6.45) is 1.18. The van der Waals surface area contributed by atoms with Crippen molar-refractivity contribution in [2.24, 2.45) is 0 Å². The molecule has 0 aliphatic heterocycles. The molecule has 30 heavy (non-hydrogen) atoms. The van der Waals surface area contributed by atoms with E-state index in [1.807, 2.05) is 6.07 Å². The van der Waals surface area contributed by atoms with Gasteiger partial charge in [-0.2, -0.15) is 0 Å². The van der Waals surface area contributed by atoms with Crippen molar-refractivity contribution in [3.8, 4) is 34.1 Å². The number of carbonyl (C=O) groups is 1. The standard InChI is InChI=1S/C20H26NO8P/c1-11(22)21-16-8-5-12-9-17(26-2)19(27-3)20(28-4)18(12)14-7-6-13(10-15(14)16)29-30(23,24)25/h6-7,9-10,16,23-25,30H,5,8H2,1-4H3,(H,21,22)/t16-/m0/s1. The van der Waals surface area contributed by atoms with Crippen LogP contribution < -0.4 is 24.1 Å². The van der Waals surface area contributed by atoms with Crippen LogP contribution in [0, 0.1) is 0 Å². The summed E-state index contributed by atoms with van der Waals surface area (Å²) < 4.78 is 21.6. The second-order valence-electron chi connectivity index (χ2n) is 6.90. The number of rotatable bonds is 6. The van der Waals surface area contributed by atoms with Crippen LogP contribution in [-0.2, 0) is 11.2 Å². The number of hydrogen-bond acceptors (Lipinski definition) is 8. The van der Waals surface area contributed by atoms with E-state index in [0.29, 0.717) is 35.7 Å². The number of aryl methyl sites for hydroxylation is 1. The second kappa shape index (κ2) is 8.65. The SMILES string of the molecule is COc1cc2c(c(OC)c1OC)-c1ccc(O[PH](O)(O)O)cc1[C@@H](NC(C)=O)CC2. The van der Waals surface area contributed by atoms with Crippen LogP contribution in [0.4, 0.5) is 0 Å². The van der Waals surface area contributed by atoms with Crippen LogP contribution in [0.5, 0.6) is 23.0 Å². The number of fused-ring (bicyclic) bond motifs is 3. The number of methoxy groups -OCH3 is 3. The predicted octanol–water partition coefficient (Wildman–Crippen LogP) is 2.27. The summed E-state index contributed by atoms with van der Waals surface area (Å²) in [4.78, 5) is 39.8. The minimum atomic E-state index is -4.78. The summed E-state index contributed by atoms with van der Waals surface area (Å²) in [6, 6.07) is 6.32. The Kier molecular flexibility index (Phi) is 6.38. The Morgan fingerprint density at radius 2 is 1.77 bits per heavy atom. The van der Waals surface area contributed by atoms with E-state index in [1.54, 1.807) is 19.2 Å². The Morgan fingerprint density at radius 1 is 1.07 bits per heavy atom. The fourth-order valence-corrected chi connectivity index (χ4v) is 4.27. The molecule has 0 spiro atoms. The molecule has 0 aromatic heterocycles. The quantitative estimate of drug-likeness (QED) is 0.505. The Morgan fingerprint density at radius 3 is 2.33 bits per heavy atom. The van der Waals surface area contributed by atoms with Gasteiger partial charge in [0.05, 0.1) is 0 Å². The third-order valence-corrected chi connectivity index (χ3v) is 5.42. The Balaban J connectivity index is 2.27. The van der Waals surface area contributed by atoms with E-state index in [9.17, 15) is 19.5 Å². The number of ether oxygens (including phenoxy) is 3. The minimum absolute atomic E-state index is 0.0752. The van der Waals surface area contributed by atoms with Gasteiger partial charge in [0, 0.05) is 0 Å². The fraction of sp³-hybridized carbons (Fsp3) is 0.350. The molecule has 2 aromatic rings. The summed E-state index contributed by atoms with van der Waals surface area (Å²) in [6.45, 7) is 1.43. The normalized spacial score (nSPS) is 15.9. The van der Waals surface area contributed by atoms with E-state index in [0.717, 1.165) is 16.7 Å². The molecular formula is C20H26NO8P. The molecular weight excluding hydrogens is 413 g/mol. The van der Waals surface area contributed by atoms with Crippen LogP contribution in [0.25, 0.3) is 11.1 Å². The van der Waals surface area contributed by atoms with Gasteiger partial charge in [-0.25, -0.2) is 0 Å². The topological polar surface area (TPSA) is 127 Å². The van der Waals surface area contributed by atoms with Crippen molar-refractivity contribution in [3.05, 3.63) is 35.4 Å². The third-order valence-electron chi connectivity index (χ3n) is 4.91. The number of benzene rings is 2. The van der Waals surface area contributed by atoms with Crippen molar-refractivity contribution in [2.45, 2.75) is 25.8 Å². The zero-order chi connectivity index (χ0) is 22.1. The molecule has 0 radical (unpaired) electrons. The molecule has 4 N–H and O–H groups in total. The first kappa shape index (κ1) is 22.1. The van der Waals surface area contributed by atoms with Gasteiger partial charge in [0.15, 0.2) is 0 Å². The summed E-state index contributed by atoms with van der Waals surface area (Å²) in [5.41, 5.74) is 3.17. The summed E-state index contributed by atoms with van der Waals surface area (Å²) in [5, 5.41) is 2.92. The van der Waals surface area contributed by atoms with Crippen molar-refractivity contribution < 1.29 is 38.2 Å². The van der Waals surface area contributed by atoms with Gasteiger partial charge in [-0.15, -0.1) is 0 Å². The first-order valence-corrected chi connectivity index (χ1v) is 11.0. The molecule has 2 aromatic carbocycles. The molecule has 0 fully saturated rings. The van der Waals surface area contributed by atoms with E-state index in [2.05, 4.69) is 5.32 Å². The van der Waals surface area contributed by atoms with Crippen molar-refractivity contribution >= 4 is 14.1 Å². The third kappa shape index (κ3) is 4.44. The van der Waals surface area contributed by atoms with Gasteiger partial charge in [-0.3, -0.25) is 0 Å². The zero-order valence-electron chi connectivity index (χ0n) is 17.2. The van der Waals surface area contributed by atoms with Gasteiger partial charge in [0.25, 0.3) is 0 Å². The zero-order valence-corrected chi connectivity index (χ0v) is 18.2. The molecule has 3 rings (SSSR count). The molecule has 0 heterocycles. The molecule has 0 saturated heterocycles. The number of nitrogens with one attached hydrogen (secondary N) is 1. The average molecular weight is 439 g/mol. The Hall–Kier alpha value is -2.58. The van der Waals surface area contributed by atoms with Crippen molar-refractivity contribution in [1.82, 2.24) is 5.32 Å². The van der Waals surface area contributed by atoms with Crippen LogP contribution in [0.15, 0.2) is 24.3 Å². The van der Waals surface area contributed by atoms with Gasteiger partial charge in [0.2, 0.25) is 0 Å². The summed E-state index contributed by atoms with van der Waals surface area (Å²) >= 11 is 0. The molecule has 164 valence electrons. The van der Waals surface area contributed by atoms with Crippen LogP contribution >= 0.6 is 8.17 Å². The predicted molar refractivity (Wildman–Crippen MR) is 112 cm³/mol. The maximum absolute atomic E-state index is 11.8. The van der Waals surface area contributed by atoms with E-state index >= 15 is 0 Å². The molecule has 0 saturated carbocycles. The number of hydrogen-bond donors (Lipinski definition) is 4. The summed E-state index contributed by atoms with van der Waals surface area (Å²) in [5.74, 6) is 1.33. The van der Waals surface area contributed by atoms with Crippen molar-refractivity contribution in [3.63, 3.8) is 0 Å². The van der Waals surface area contributed by atoms with Crippen molar-refractivity contribution in [2.75, 3.05) is 21.3 Å². The van der Waals surface area contributed by atoms with E-state index < -0.39 is 8.17 Å². The van der Waals surface area contributed by atoms with E-state index in [-0.39, 0.29) is 17.7 Å². The van der Waals surface area contributed by atoms with Gasteiger partial charge >= 0.3 is 174 Å². The van der Waals surface area contributed by atoms with E-state index in [1.165, 1.54) is 27.2 Å². The summed E-state index contributed by atoms with van der Waals surface area (Å²) in [7, 11) is -0.168. The van der Waals surface area contributed by atoms with Gasteiger partial charge in [-0.05, 0) is 0 Å². The van der Waals surface area contributed by atoms with Crippen LogP contribution in [0.3, 0.4) is 0 Å². The number of amides is 1. The monoisotopic (exact) mass is 439 g/mol. The van der Waals surface area contributed by atoms with Crippen LogP contribution in [0.1, 0.15) is 30.5 Å². The first-order chi connectivity index (χ1) is 14.2. The molecule has 0 unspecified atom stereocenters. The molecule has 1 amide bonds. The van der Waals surface area contributed by atoms with Crippen molar-refractivity contribution in [1.29, 1.82) is 0 Å². The van der Waals surface area contributed by atoms with Crippen LogP contribution in [0.2, 0.25) is 0 Å². The number of carbonyl (C=O) groups excluding carboxylic acids is 1. The first-order valence-electron chi connectivity index (χ1n) is 9.27.